The van der Waals surface area contributed by atoms with Gasteiger partial charge in [0, 0.05) is 56.5 Å². The van der Waals surface area contributed by atoms with Crippen LogP contribution in [0.1, 0.15) is 30.4 Å². The zero-order valence-electron chi connectivity index (χ0n) is 23.5. The van der Waals surface area contributed by atoms with Crippen LogP contribution in [0, 0.1) is 0 Å². The number of carbonyl (C=O) groups is 1. The van der Waals surface area contributed by atoms with Crippen molar-refractivity contribution in [1.29, 1.82) is 0 Å². The van der Waals surface area contributed by atoms with Crippen molar-refractivity contribution in [3.05, 3.63) is 72.1 Å². The SMILES string of the molecule is C=CCNC.C=N/C=C(C=O)\C(=N/CNc1ccc(N2CCN(C)CC2)cc1)Nc1cc2c(cn1)CCC2C. The second-order valence-electron chi connectivity index (χ2n) is 9.74. The summed E-state index contributed by atoms with van der Waals surface area (Å²) in [4.78, 5) is 29.3. The number of likely N-dealkylation sites (N-methyl/N-ethyl adjacent to an activating group) is 2. The molecule has 0 amide bonds. The topological polar surface area (TPSA) is 97.2 Å². The summed E-state index contributed by atoms with van der Waals surface area (Å²) in [5.41, 5.74) is 5.09. The highest BCUT2D eigenvalue weighted by atomic mass is 16.1. The summed E-state index contributed by atoms with van der Waals surface area (Å²) in [5, 5.41) is 9.41. The minimum absolute atomic E-state index is 0.292. The zero-order valence-corrected chi connectivity index (χ0v) is 23.5. The van der Waals surface area contributed by atoms with Crippen LogP contribution >= 0.6 is 0 Å². The Morgan fingerprint density at radius 1 is 1.21 bits per heavy atom. The molecule has 1 fully saturated rings. The molecule has 39 heavy (non-hydrogen) atoms. The lowest BCUT2D eigenvalue weighted by Crippen LogP contribution is -2.44. The Hall–Kier alpha value is -3.82. The van der Waals surface area contributed by atoms with Gasteiger partial charge in [-0.15, -0.1) is 6.58 Å². The molecular formula is C30H42N8O. The molecule has 1 aromatic carbocycles. The first-order valence-corrected chi connectivity index (χ1v) is 13.4. The number of rotatable bonds is 10. The third kappa shape index (κ3) is 8.87. The van der Waals surface area contributed by atoms with E-state index in [-0.39, 0.29) is 0 Å². The Bertz CT molecular complexity index is 1150. The second kappa shape index (κ2) is 15.6. The molecule has 9 nitrogen and oxygen atoms in total. The first-order chi connectivity index (χ1) is 19.0. The lowest BCUT2D eigenvalue weighted by atomic mass is 10.1. The molecule has 9 heteroatoms. The monoisotopic (exact) mass is 530 g/mol. The van der Waals surface area contributed by atoms with Crippen LogP contribution in [0.25, 0.3) is 0 Å². The second-order valence-corrected chi connectivity index (χ2v) is 9.74. The van der Waals surface area contributed by atoms with E-state index in [4.69, 9.17) is 0 Å². The maximum atomic E-state index is 11.7. The number of aryl methyl sites for hydroxylation is 1. The molecule has 4 rings (SSSR count). The van der Waals surface area contributed by atoms with Gasteiger partial charge in [0.25, 0.3) is 0 Å². The van der Waals surface area contributed by atoms with Crippen molar-refractivity contribution in [2.75, 3.05) is 69.0 Å². The molecule has 0 saturated carbocycles. The van der Waals surface area contributed by atoms with E-state index in [0.717, 1.165) is 57.5 Å². The number of pyridine rings is 1. The number of nitrogens with one attached hydrogen (secondary N) is 3. The van der Waals surface area contributed by atoms with E-state index in [2.05, 4.69) is 98.3 Å². The summed E-state index contributed by atoms with van der Waals surface area (Å²) in [6, 6.07) is 10.4. The fourth-order valence-corrected chi connectivity index (χ4v) is 4.54. The third-order valence-electron chi connectivity index (χ3n) is 6.88. The standard InChI is InChI=1S/C26H33N7O.C4H9N/c1-19-4-5-20-16-28-25(14-24(19)20)31-26(21(17-34)15-27-2)30-18-29-22-6-8-23(9-7-22)33-12-10-32(3)11-13-33;1-3-4-5-2/h6-9,14-17,19,29H,2,4-5,10-13,18H2,1,3H3,(H,28,30,31);3,5H,1,4H2,2H3/b21-15-;. The summed E-state index contributed by atoms with van der Waals surface area (Å²) >= 11 is 0. The maximum absolute atomic E-state index is 11.7. The number of carbonyl (C=O) groups excluding carboxylic acids is 1. The van der Waals surface area contributed by atoms with Crippen LogP contribution in [-0.2, 0) is 11.2 Å². The molecule has 2 heterocycles. The predicted molar refractivity (Wildman–Crippen MR) is 164 cm³/mol. The summed E-state index contributed by atoms with van der Waals surface area (Å²) in [6.07, 6.45) is 8.05. The number of hydrogen-bond donors (Lipinski definition) is 3. The van der Waals surface area contributed by atoms with E-state index in [1.807, 2.05) is 19.3 Å². The van der Waals surface area contributed by atoms with E-state index >= 15 is 0 Å². The molecule has 1 aliphatic heterocycles. The molecule has 0 bridgehead atoms. The highest BCUT2D eigenvalue weighted by molar-refractivity contribution is 6.19. The number of fused-ring (bicyclic) bond motifs is 1. The maximum Gasteiger partial charge on any atom is 0.155 e. The number of aliphatic imine (C=N–C) groups is 2. The van der Waals surface area contributed by atoms with Crippen molar-refractivity contribution in [2.45, 2.75) is 25.7 Å². The van der Waals surface area contributed by atoms with Crippen LogP contribution in [0.5, 0.6) is 0 Å². The molecule has 1 unspecified atom stereocenters. The van der Waals surface area contributed by atoms with Crippen molar-refractivity contribution in [1.82, 2.24) is 15.2 Å². The molecule has 1 atom stereocenters. The van der Waals surface area contributed by atoms with Crippen molar-refractivity contribution in [2.24, 2.45) is 9.98 Å². The molecule has 0 spiro atoms. The molecule has 1 aliphatic carbocycles. The minimum Gasteiger partial charge on any atom is -0.369 e. The fourth-order valence-electron chi connectivity index (χ4n) is 4.54. The van der Waals surface area contributed by atoms with Crippen molar-refractivity contribution in [3.8, 4) is 0 Å². The fraction of sp³-hybridized carbons (Fsp3) is 0.400. The highest BCUT2D eigenvalue weighted by Crippen LogP contribution is 2.33. The van der Waals surface area contributed by atoms with Crippen molar-refractivity contribution >= 4 is 36.0 Å². The Morgan fingerprint density at radius 3 is 2.56 bits per heavy atom. The lowest BCUT2D eigenvalue weighted by Gasteiger charge is -2.34. The van der Waals surface area contributed by atoms with Gasteiger partial charge in [-0.2, -0.15) is 0 Å². The van der Waals surface area contributed by atoms with Gasteiger partial charge in [-0.05, 0) is 81.0 Å². The lowest BCUT2D eigenvalue weighted by molar-refractivity contribution is -0.104. The average molecular weight is 531 g/mol. The van der Waals surface area contributed by atoms with Crippen LogP contribution in [0.15, 0.2) is 70.9 Å². The van der Waals surface area contributed by atoms with Gasteiger partial charge < -0.3 is 25.8 Å². The smallest absolute Gasteiger partial charge is 0.155 e. The van der Waals surface area contributed by atoms with E-state index in [1.54, 1.807) is 0 Å². The van der Waals surface area contributed by atoms with Gasteiger partial charge in [-0.25, -0.2) is 9.98 Å². The Kier molecular flexibility index (Phi) is 11.9. The number of aromatic nitrogens is 1. The Labute approximate surface area is 232 Å². The van der Waals surface area contributed by atoms with Gasteiger partial charge >= 0.3 is 0 Å². The summed E-state index contributed by atoms with van der Waals surface area (Å²) in [6.45, 7) is 14.6. The Balaban J connectivity index is 0.000000771. The Morgan fingerprint density at radius 2 is 1.95 bits per heavy atom. The molecule has 0 radical (unpaired) electrons. The van der Waals surface area contributed by atoms with Crippen LogP contribution in [0.3, 0.4) is 0 Å². The predicted octanol–water partition coefficient (Wildman–Crippen LogP) is 3.94. The van der Waals surface area contributed by atoms with Gasteiger partial charge in [0.2, 0.25) is 0 Å². The van der Waals surface area contributed by atoms with E-state index < -0.39 is 0 Å². The van der Waals surface area contributed by atoms with E-state index in [1.165, 1.54) is 23.0 Å². The van der Waals surface area contributed by atoms with E-state index in [9.17, 15) is 4.79 Å². The molecule has 1 saturated heterocycles. The highest BCUT2D eigenvalue weighted by Gasteiger charge is 2.20. The largest absolute Gasteiger partial charge is 0.369 e. The van der Waals surface area contributed by atoms with Gasteiger partial charge in [0.15, 0.2) is 6.29 Å². The number of aldehydes is 1. The minimum atomic E-state index is 0.292. The number of anilines is 3. The van der Waals surface area contributed by atoms with Crippen molar-refractivity contribution < 1.29 is 4.79 Å². The number of amidine groups is 1. The van der Waals surface area contributed by atoms with Gasteiger partial charge in [-0.3, -0.25) is 9.79 Å². The van der Waals surface area contributed by atoms with Crippen LogP contribution < -0.4 is 20.9 Å². The van der Waals surface area contributed by atoms with Crippen LogP contribution in [0.4, 0.5) is 17.2 Å². The number of benzene rings is 1. The molecular weight excluding hydrogens is 488 g/mol. The number of nitrogens with zero attached hydrogens (tertiary/aromatic N) is 5. The van der Waals surface area contributed by atoms with Crippen molar-refractivity contribution in [3.63, 3.8) is 0 Å². The molecule has 2 aliphatic rings. The summed E-state index contributed by atoms with van der Waals surface area (Å²) < 4.78 is 0. The zero-order chi connectivity index (χ0) is 28.0. The third-order valence-corrected chi connectivity index (χ3v) is 6.88. The molecule has 1 aromatic heterocycles. The van der Waals surface area contributed by atoms with Crippen LogP contribution in [-0.4, -0.2) is 82.2 Å². The van der Waals surface area contributed by atoms with Crippen LogP contribution in [0.2, 0.25) is 0 Å². The average Bonchev–Trinajstić information content (AvgIpc) is 3.32. The molecule has 3 N–H and O–H groups in total. The van der Waals surface area contributed by atoms with Gasteiger partial charge in [0.05, 0.1) is 5.57 Å². The summed E-state index contributed by atoms with van der Waals surface area (Å²) in [7, 11) is 4.05. The van der Waals surface area contributed by atoms with Gasteiger partial charge in [0.1, 0.15) is 18.3 Å². The summed E-state index contributed by atoms with van der Waals surface area (Å²) in [5.74, 6) is 1.58. The number of piperazine rings is 1. The molecule has 208 valence electrons. The van der Waals surface area contributed by atoms with Gasteiger partial charge in [-0.1, -0.05) is 13.0 Å². The number of hydrogen-bond acceptors (Lipinski definition) is 8. The molecule has 2 aromatic rings. The quantitative estimate of drug-likeness (QED) is 0.141. The normalized spacial score (nSPS) is 17.5. The van der Waals surface area contributed by atoms with E-state index in [0.29, 0.717) is 29.8 Å². The first kappa shape index (κ1) is 29.7. The first-order valence-electron chi connectivity index (χ1n) is 13.4.